The molecule has 0 bridgehead atoms. The van der Waals surface area contributed by atoms with Crippen molar-refractivity contribution < 1.29 is 19.1 Å². The monoisotopic (exact) mass is 653 g/mol. The van der Waals surface area contributed by atoms with Gasteiger partial charge in [-0.15, -0.1) is 23.5 Å². The summed E-state index contributed by atoms with van der Waals surface area (Å²) in [5, 5.41) is 3.26. The first-order valence-corrected chi connectivity index (χ1v) is 16.2. The molecular weight excluding hydrogens is 625 g/mol. The first-order chi connectivity index (χ1) is 20.7. The first kappa shape index (κ1) is 31.1. The molecule has 0 aliphatic carbocycles. The summed E-state index contributed by atoms with van der Waals surface area (Å²) in [4.78, 5) is 44.4. The quantitative estimate of drug-likeness (QED) is 0.160. The van der Waals surface area contributed by atoms with Gasteiger partial charge >= 0.3 is 5.97 Å². The number of carbonyl (C=O) groups excluding carboxylic acids is 3. The van der Waals surface area contributed by atoms with Crippen molar-refractivity contribution in [2.24, 2.45) is 0 Å². The average Bonchev–Trinajstić information content (AvgIpc) is 3.02. The Morgan fingerprint density at radius 1 is 1.05 bits per heavy atom. The van der Waals surface area contributed by atoms with Crippen molar-refractivity contribution in [3.05, 3.63) is 124 Å². The van der Waals surface area contributed by atoms with E-state index in [4.69, 9.17) is 27.9 Å². The Kier molecular flexibility index (Phi) is 10.1. The molecule has 3 aromatic rings. The van der Waals surface area contributed by atoms with Crippen LogP contribution < -0.4 is 5.32 Å². The van der Waals surface area contributed by atoms with E-state index in [2.05, 4.69) is 5.32 Å². The summed E-state index contributed by atoms with van der Waals surface area (Å²) in [6, 6.07) is 23.4. The third kappa shape index (κ3) is 7.24. The summed E-state index contributed by atoms with van der Waals surface area (Å²) in [5.74, 6) is -0.696. The molecule has 3 aromatic carbocycles. The molecule has 0 saturated carbocycles. The molecule has 11 heteroatoms. The highest BCUT2D eigenvalue weighted by Crippen LogP contribution is 2.42. The SMILES string of the molecule is CN(C)/C=C/C1=C(C(=O)OC(c2ccccc2)c2ccccc2)N2C(=O)C(NC(=O)CSc3ccc(Cl)c(Cl)c3)C2SC1. The van der Waals surface area contributed by atoms with Gasteiger partial charge in [-0.25, -0.2) is 4.79 Å². The van der Waals surface area contributed by atoms with Crippen molar-refractivity contribution in [1.82, 2.24) is 15.1 Å². The predicted molar refractivity (Wildman–Crippen MR) is 173 cm³/mol. The van der Waals surface area contributed by atoms with Crippen LogP contribution in [0.4, 0.5) is 0 Å². The fraction of sp³-hybridized carbons (Fsp3) is 0.219. The second-order valence-electron chi connectivity index (χ2n) is 10.1. The van der Waals surface area contributed by atoms with Crippen molar-refractivity contribution in [1.29, 1.82) is 0 Å². The zero-order valence-electron chi connectivity index (χ0n) is 23.4. The van der Waals surface area contributed by atoms with Gasteiger partial charge in [-0.2, -0.15) is 0 Å². The minimum Gasteiger partial charge on any atom is -0.448 e. The number of hydrogen-bond donors (Lipinski definition) is 1. The molecule has 1 saturated heterocycles. The summed E-state index contributed by atoms with van der Waals surface area (Å²) in [6.07, 6.45) is 2.99. The van der Waals surface area contributed by atoms with E-state index in [-0.39, 0.29) is 23.3 Å². The van der Waals surface area contributed by atoms with Crippen LogP contribution in [0.3, 0.4) is 0 Å². The van der Waals surface area contributed by atoms with Gasteiger partial charge in [-0.05, 0) is 47.2 Å². The number of thioether (sulfide) groups is 2. The van der Waals surface area contributed by atoms with Crippen molar-refractivity contribution in [3.63, 3.8) is 0 Å². The number of carbonyl (C=O) groups is 3. The summed E-state index contributed by atoms with van der Waals surface area (Å²) in [5.41, 5.74) is 2.50. The third-order valence-electron chi connectivity index (χ3n) is 6.77. The van der Waals surface area contributed by atoms with Crippen LogP contribution in [0.5, 0.6) is 0 Å². The number of β-lactam (4-membered cyclic amide) rings is 1. The molecule has 2 atom stereocenters. The van der Waals surface area contributed by atoms with Crippen LogP contribution in [0.2, 0.25) is 10.0 Å². The Morgan fingerprint density at radius 3 is 2.30 bits per heavy atom. The fourth-order valence-electron chi connectivity index (χ4n) is 4.68. The van der Waals surface area contributed by atoms with Gasteiger partial charge in [0.05, 0.1) is 15.8 Å². The van der Waals surface area contributed by atoms with Crippen molar-refractivity contribution >= 4 is 64.5 Å². The number of hydrogen-bond acceptors (Lipinski definition) is 7. The van der Waals surface area contributed by atoms with E-state index in [1.165, 1.54) is 28.4 Å². The molecule has 2 aliphatic rings. The number of halogens is 2. The number of nitrogens with zero attached hydrogens (tertiary/aromatic N) is 2. The highest BCUT2D eigenvalue weighted by molar-refractivity contribution is 8.00. The topological polar surface area (TPSA) is 79.0 Å². The Morgan fingerprint density at radius 2 is 1.70 bits per heavy atom. The van der Waals surface area contributed by atoms with Crippen LogP contribution in [0.25, 0.3) is 0 Å². The van der Waals surface area contributed by atoms with Crippen LogP contribution >= 0.6 is 46.7 Å². The number of allylic oxidation sites excluding steroid dienone is 1. The normalized spacial score (nSPS) is 18.0. The van der Waals surface area contributed by atoms with Crippen LogP contribution in [0.1, 0.15) is 17.2 Å². The maximum atomic E-state index is 13.9. The van der Waals surface area contributed by atoms with E-state index in [9.17, 15) is 14.4 Å². The maximum absolute atomic E-state index is 13.9. The van der Waals surface area contributed by atoms with E-state index in [1.54, 1.807) is 18.2 Å². The smallest absolute Gasteiger partial charge is 0.356 e. The van der Waals surface area contributed by atoms with Crippen LogP contribution in [0, 0.1) is 0 Å². The summed E-state index contributed by atoms with van der Waals surface area (Å²) >= 11 is 14.9. The van der Waals surface area contributed by atoms with Crippen LogP contribution in [-0.4, -0.2) is 64.6 Å². The highest BCUT2D eigenvalue weighted by Gasteiger charge is 2.54. The van der Waals surface area contributed by atoms with Crippen LogP contribution in [0.15, 0.2) is 107 Å². The third-order valence-corrected chi connectivity index (χ3v) is 9.81. The summed E-state index contributed by atoms with van der Waals surface area (Å²) in [7, 11) is 3.76. The fourth-order valence-corrected chi connectivity index (χ4v) is 7.10. The molecule has 2 amide bonds. The number of amides is 2. The van der Waals surface area contributed by atoms with Gasteiger partial charge in [0, 0.05) is 24.7 Å². The Labute approximate surface area is 269 Å². The lowest BCUT2D eigenvalue weighted by atomic mass is 10.0. The number of fused-ring (bicyclic) bond motifs is 1. The highest BCUT2D eigenvalue weighted by atomic mass is 35.5. The van der Waals surface area contributed by atoms with E-state index in [0.29, 0.717) is 21.4 Å². The van der Waals surface area contributed by atoms with E-state index in [1.807, 2.05) is 91.9 Å². The Balaban J connectivity index is 1.35. The molecule has 43 heavy (non-hydrogen) atoms. The molecule has 1 fully saturated rings. The maximum Gasteiger partial charge on any atom is 0.356 e. The zero-order chi connectivity index (χ0) is 30.5. The van der Waals surface area contributed by atoms with Crippen molar-refractivity contribution in [3.8, 4) is 0 Å². The number of benzene rings is 3. The van der Waals surface area contributed by atoms with E-state index >= 15 is 0 Å². The average molecular weight is 655 g/mol. The minimum atomic E-state index is -0.756. The van der Waals surface area contributed by atoms with Gasteiger partial charge in [0.15, 0.2) is 6.10 Å². The standard InChI is InChI=1S/C32H29Cl2N3O4S2/c1-36(2)16-15-22-18-43-31-27(35-26(38)19-42-23-13-14-24(33)25(34)17-23)30(39)37(31)28(22)32(40)41-29(20-9-5-3-6-10-20)21-11-7-4-8-12-21/h3-17,27,29,31H,18-19H2,1-2H3,(H,35,38)/b16-15+. The zero-order valence-corrected chi connectivity index (χ0v) is 26.6. The first-order valence-electron chi connectivity index (χ1n) is 13.4. The molecule has 2 aliphatic heterocycles. The Bertz CT molecular complexity index is 1530. The minimum absolute atomic E-state index is 0.0938. The Hall–Kier alpha value is -3.37. The predicted octanol–water partition coefficient (Wildman–Crippen LogP) is 6.15. The molecule has 5 rings (SSSR count). The molecule has 2 heterocycles. The molecule has 2 unspecified atom stereocenters. The molecule has 0 spiro atoms. The molecule has 0 radical (unpaired) electrons. The molecule has 7 nitrogen and oxygen atoms in total. The van der Waals surface area contributed by atoms with Gasteiger partial charge in [0.1, 0.15) is 17.1 Å². The molecular formula is C32H29Cl2N3O4S2. The number of ether oxygens (including phenoxy) is 1. The van der Waals surface area contributed by atoms with Gasteiger partial charge < -0.3 is 15.0 Å². The van der Waals surface area contributed by atoms with Gasteiger partial charge in [-0.1, -0.05) is 83.9 Å². The molecule has 1 N–H and O–H groups in total. The summed E-state index contributed by atoms with van der Waals surface area (Å²) < 4.78 is 6.16. The summed E-state index contributed by atoms with van der Waals surface area (Å²) in [6.45, 7) is 0. The van der Waals surface area contributed by atoms with Crippen LogP contribution in [-0.2, 0) is 19.1 Å². The van der Waals surface area contributed by atoms with Crippen molar-refractivity contribution in [2.75, 3.05) is 25.6 Å². The van der Waals surface area contributed by atoms with Crippen molar-refractivity contribution in [2.45, 2.75) is 22.4 Å². The second kappa shape index (κ2) is 13.9. The van der Waals surface area contributed by atoms with Gasteiger partial charge in [0.25, 0.3) is 5.91 Å². The van der Waals surface area contributed by atoms with E-state index < -0.39 is 23.5 Å². The lowest BCUT2D eigenvalue weighted by molar-refractivity contribution is -0.154. The number of esters is 1. The lowest BCUT2D eigenvalue weighted by Crippen LogP contribution is -2.70. The number of rotatable bonds is 10. The van der Waals surface area contributed by atoms with Gasteiger partial charge in [-0.3, -0.25) is 14.5 Å². The lowest BCUT2D eigenvalue weighted by Gasteiger charge is -2.49. The largest absolute Gasteiger partial charge is 0.448 e. The molecule has 222 valence electrons. The molecule has 0 aromatic heterocycles. The number of nitrogens with one attached hydrogen (secondary N) is 1. The second-order valence-corrected chi connectivity index (χ2v) is 13.0. The van der Waals surface area contributed by atoms with Gasteiger partial charge in [0.2, 0.25) is 5.91 Å². The van der Waals surface area contributed by atoms with E-state index in [0.717, 1.165) is 16.0 Å².